The second kappa shape index (κ2) is 9.05. The van der Waals surface area contributed by atoms with E-state index in [4.69, 9.17) is 9.29 Å². The van der Waals surface area contributed by atoms with E-state index in [0.717, 1.165) is 11.1 Å². The van der Waals surface area contributed by atoms with Crippen molar-refractivity contribution in [2.75, 3.05) is 12.4 Å². The third-order valence-corrected chi connectivity index (χ3v) is 4.78. The summed E-state index contributed by atoms with van der Waals surface area (Å²) in [4.78, 5) is 0. The minimum absolute atomic E-state index is 0. The van der Waals surface area contributed by atoms with Gasteiger partial charge in [-0.2, -0.15) is 8.42 Å². The molecule has 2 N–H and O–H groups in total. The molecule has 0 heterocycles. The van der Waals surface area contributed by atoms with E-state index >= 15 is 0 Å². The van der Waals surface area contributed by atoms with Gasteiger partial charge < -0.3 is 11.3 Å². The number of benzene rings is 2. The van der Waals surface area contributed by atoms with E-state index in [-0.39, 0.29) is 60.9 Å². The molecule has 25 heavy (non-hydrogen) atoms. The second-order valence-corrected chi connectivity index (χ2v) is 7.76. The van der Waals surface area contributed by atoms with Gasteiger partial charge in [-0.3, -0.25) is 4.55 Å². The van der Waals surface area contributed by atoms with Crippen molar-refractivity contribution in [2.24, 2.45) is 0 Å². The van der Waals surface area contributed by atoms with Crippen LogP contribution in [0, 0.1) is 0 Å². The van der Waals surface area contributed by atoms with Crippen molar-refractivity contribution in [1.29, 1.82) is 0 Å². The molecule has 0 unspecified atom stereocenters. The molecule has 0 saturated heterocycles. The number of hydrogen-bond acceptors (Lipinski definition) is 4. The van der Waals surface area contributed by atoms with Gasteiger partial charge in [-0.25, -0.2) is 0 Å². The second-order valence-electron chi connectivity index (χ2n) is 6.18. The van der Waals surface area contributed by atoms with E-state index in [1.54, 1.807) is 12.1 Å². The number of rotatable bonds is 7. The van der Waals surface area contributed by atoms with E-state index in [1.165, 1.54) is 0 Å². The Morgan fingerprint density at radius 3 is 1.96 bits per heavy atom. The molecule has 0 radical (unpaired) electrons. The number of hydrogen-bond donors (Lipinski definition) is 2. The van der Waals surface area contributed by atoms with Crippen molar-refractivity contribution >= 4 is 10.1 Å². The topological polar surface area (TPSA) is 83.8 Å². The average Bonchev–Trinajstić information content (AvgIpc) is 2.51. The summed E-state index contributed by atoms with van der Waals surface area (Å²) in [6, 6.07) is 14.7. The predicted octanol–water partition coefficient (Wildman–Crippen LogP) is 0.491. The van der Waals surface area contributed by atoms with Gasteiger partial charge in [0.2, 0.25) is 0 Å². The van der Waals surface area contributed by atoms with Crippen molar-refractivity contribution in [3.8, 4) is 11.5 Å². The summed E-state index contributed by atoms with van der Waals surface area (Å²) in [5, 5.41) is 9.41. The zero-order chi connectivity index (χ0) is 17.8. The van der Waals surface area contributed by atoms with Gasteiger partial charge in [0.1, 0.15) is 11.5 Å². The van der Waals surface area contributed by atoms with E-state index in [9.17, 15) is 13.5 Å². The Bertz CT molecular complexity index is 774. The molecule has 2 rings (SSSR count). The first-order valence-electron chi connectivity index (χ1n) is 7.66. The van der Waals surface area contributed by atoms with Crippen LogP contribution in [0.1, 0.15) is 32.8 Å². The van der Waals surface area contributed by atoms with Crippen LogP contribution in [-0.2, 0) is 15.5 Å². The van der Waals surface area contributed by atoms with Crippen LogP contribution in [0.25, 0.3) is 0 Å². The molecule has 0 aliphatic rings. The van der Waals surface area contributed by atoms with E-state index < -0.39 is 10.1 Å². The molecule has 0 saturated carbocycles. The van der Waals surface area contributed by atoms with Crippen LogP contribution in [0.3, 0.4) is 0 Å². The van der Waals surface area contributed by atoms with Crippen molar-refractivity contribution in [1.82, 2.24) is 0 Å². The van der Waals surface area contributed by atoms with Gasteiger partial charge in [0, 0.05) is 5.41 Å². The number of ether oxygens (including phenoxy) is 1. The standard InChI is InChI=1S/C18H22O5S.Na.H/c1-18(2,14-4-8-16(19)9-5-14)15-6-10-17(11-7-15)23-12-3-13-24(20,21)22;;/h4-11,19H,3,12-13H2,1-2H3,(H,20,21,22);;/q;+1;-1. The third-order valence-electron chi connectivity index (χ3n) is 3.98. The largest absolute Gasteiger partial charge is 1.00 e. The molecule has 0 fully saturated rings. The molecule has 2 aromatic rings. The molecule has 2 aromatic carbocycles. The Hall–Kier alpha value is -1.05. The van der Waals surface area contributed by atoms with Crippen molar-refractivity contribution in [3.05, 3.63) is 59.7 Å². The maximum Gasteiger partial charge on any atom is 1.00 e. The minimum Gasteiger partial charge on any atom is -1.00 e. The molecule has 132 valence electrons. The molecule has 0 aliphatic carbocycles. The normalized spacial score (nSPS) is 11.6. The zero-order valence-electron chi connectivity index (χ0n) is 15.8. The maximum atomic E-state index is 10.6. The van der Waals surface area contributed by atoms with Gasteiger partial charge in [0.25, 0.3) is 10.1 Å². The van der Waals surface area contributed by atoms with Crippen LogP contribution < -0.4 is 34.3 Å². The van der Waals surface area contributed by atoms with Gasteiger partial charge in [-0.1, -0.05) is 38.1 Å². The Kier molecular flexibility index (Phi) is 7.96. The van der Waals surface area contributed by atoms with Crippen molar-refractivity contribution in [2.45, 2.75) is 25.7 Å². The molecular formula is C18H23NaO5S. The molecule has 0 atom stereocenters. The Labute approximate surface area is 172 Å². The first-order valence-corrected chi connectivity index (χ1v) is 9.27. The fourth-order valence-corrected chi connectivity index (χ4v) is 2.93. The van der Waals surface area contributed by atoms with Crippen LogP contribution in [0.2, 0.25) is 0 Å². The van der Waals surface area contributed by atoms with E-state index in [2.05, 4.69) is 13.8 Å². The quantitative estimate of drug-likeness (QED) is 0.419. The van der Waals surface area contributed by atoms with Crippen LogP contribution in [0.5, 0.6) is 11.5 Å². The zero-order valence-corrected chi connectivity index (χ0v) is 17.6. The number of phenols is 1. The minimum atomic E-state index is -3.94. The smallest absolute Gasteiger partial charge is 1.00 e. The van der Waals surface area contributed by atoms with Crippen LogP contribution in [0.4, 0.5) is 0 Å². The van der Waals surface area contributed by atoms with Gasteiger partial charge >= 0.3 is 29.6 Å². The number of phenolic OH excluding ortho intramolecular Hbond substituents is 1. The average molecular weight is 374 g/mol. The molecule has 0 aromatic heterocycles. The van der Waals surface area contributed by atoms with Gasteiger partial charge in [0.15, 0.2) is 0 Å². The van der Waals surface area contributed by atoms with E-state index in [0.29, 0.717) is 5.75 Å². The molecule has 0 aliphatic heterocycles. The van der Waals surface area contributed by atoms with Crippen LogP contribution in [0.15, 0.2) is 48.5 Å². The fraction of sp³-hybridized carbons (Fsp3) is 0.333. The summed E-state index contributed by atoms with van der Waals surface area (Å²) in [7, 11) is -3.94. The summed E-state index contributed by atoms with van der Waals surface area (Å²) >= 11 is 0. The maximum absolute atomic E-state index is 10.6. The predicted molar refractivity (Wildman–Crippen MR) is 94.3 cm³/mol. The number of aromatic hydroxyl groups is 1. The van der Waals surface area contributed by atoms with Gasteiger partial charge in [-0.15, -0.1) is 0 Å². The third kappa shape index (κ3) is 6.64. The van der Waals surface area contributed by atoms with Crippen LogP contribution >= 0.6 is 0 Å². The molecule has 0 amide bonds. The molecule has 7 heteroatoms. The summed E-state index contributed by atoms with van der Waals surface area (Å²) < 4.78 is 35.4. The van der Waals surface area contributed by atoms with Crippen molar-refractivity contribution < 1.29 is 53.8 Å². The Morgan fingerprint density at radius 1 is 1.00 bits per heavy atom. The molecule has 0 spiro atoms. The van der Waals surface area contributed by atoms with Gasteiger partial charge in [-0.05, 0) is 41.8 Å². The van der Waals surface area contributed by atoms with Crippen molar-refractivity contribution in [3.63, 3.8) is 0 Å². The SMILES string of the molecule is CC(C)(c1ccc(O)cc1)c1ccc(OCCCS(=O)(=O)O)cc1.[H-].[Na+]. The van der Waals surface area contributed by atoms with Gasteiger partial charge in [0.05, 0.1) is 12.4 Å². The summed E-state index contributed by atoms with van der Waals surface area (Å²) in [5.41, 5.74) is 1.96. The summed E-state index contributed by atoms with van der Waals surface area (Å²) in [6.45, 7) is 4.42. The molecule has 0 bridgehead atoms. The Morgan fingerprint density at radius 2 is 1.48 bits per heavy atom. The molecule has 5 nitrogen and oxygen atoms in total. The first-order chi connectivity index (χ1) is 11.2. The summed E-state index contributed by atoms with van der Waals surface area (Å²) in [5.74, 6) is 0.581. The molecular weight excluding hydrogens is 351 g/mol. The first kappa shape index (κ1) is 22.0. The summed E-state index contributed by atoms with van der Waals surface area (Å²) in [6.07, 6.45) is 0.236. The van der Waals surface area contributed by atoms with Crippen LogP contribution in [-0.4, -0.2) is 30.4 Å². The Balaban J connectivity index is 0.00000312. The van der Waals surface area contributed by atoms with E-state index in [1.807, 2.05) is 36.4 Å². The fourth-order valence-electron chi connectivity index (χ4n) is 2.44. The monoisotopic (exact) mass is 374 g/mol.